The minimum absolute atomic E-state index is 0.732. The smallest absolute Gasteiger partial charge is 0.226 e. The van der Waals surface area contributed by atoms with Crippen molar-refractivity contribution in [2.45, 2.75) is 0 Å². The molecule has 5 heteroatoms. The van der Waals surface area contributed by atoms with Gasteiger partial charge in [-0.05, 0) is 18.2 Å². The fourth-order valence-corrected chi connectivity index (χ4v) is 2.08. The van der Waals surface area contributed by atoms with E-state index >= 15 is 0 Å². The standard InChI is InChI=1S/C14H16N4O/c15-12-3-1-11(2-4-12)13-5-6-16-14(17-13)18-7-9-19-10-8-18/h1-6H,7-10,15H2. The van der Waals surface area contributed by atoms with Gasteiger partial charge in [0, 0.05) is 30.5 Å². The van der Waals surface area contributed by atoms with Crippen molar-refractivity contribution in [3.63, 3.8) is 0 Å². The van der Waals surface area contributed by atoms with Gasteiger partial charge in [-0.2, -0.15) is 0 Å². The Balaban J connectivity index is 1.88. The summed E-state index contributed by atoms with van der Waals surface area (Å²) in [7, 11) is 0. The second-order valence-electron chi connectivity index (χ2n) is 4.46. The average Bonchev–Trinajstić information content (AvgIpc) is 2.49. The Hall–Kier alpha value is -2.14. The first-order valence-electron chi connectivity index (χ1n) is 6.34. The number of nitrogens with two attached hydrogens (primary N) is 1. The quantitative estimate of drug-likeness (QED) is 0.826. The lowest BCUT2D eigenvalue weighted by Gasteiger charge is -2.26. The molecule has 1 fully saturated rings. The number of anilines is 2. The zero-order valence-electron chi connectivity index (χ0n) is 10.6. The van der Waals surface area contributed by atoms with Crippen LogP contribution in [0.4, 0.5) is 11.6 Å². The Labute approximate surface area is 112 Å². The van der Waals surface area contributed by atoms with Crippen molar-refractivity contribution in [2.75, 3.05) is 36.9 Å². The van der Waals surface area contributed by atoms with Gasteiger partial charge in [0.25, 0.3) is 0 Å². The molecule has 1 aromatic heterocycles. The third-order valence-electron chi connectivity index (χ3n) is 3.14. The molecule has 1 aromatic carbocycles. The molecule has 0 unspecified atom stereocenters. The molecule has 0 radical (unpaired) electrons. The minimum Gasteiger partial charge on any atom is -0.399 e. The number of morpholine rings is 1. The number of nitrogen functional groups attached to an aromatic ring is 1. The molecule has 2 N–H and O–H groups in total. The Morgan fingerprint density at radius 3 is 2.53 bits per heavy atom. The topological polar surface area (TPSA) is 64.3 Å². The van der Waals surface area contributed by atoms with Crippen LogP contribution in [0.2, 0.25) is 0 Å². The third kappa shape index (κ3) is 2.66. The Morgan fingerprint density at radius 1 is 1.05 bits per heavy atom. The minimum atomic E-state index is 0.732. The summed E-state index contributed by atoms with van der Waals surface area (Å²) in [4.78, 5) is 11.1. The molecule has 0 atom stereocenters. The van der Waals surface area contributed by atoms with Crippen LogP contribution in [0.15, 0.2) is 36.5 Å². The zero-order valence-corrected chi connectivity index (χ0v) is 10.6. The van der Waals surface area contributed by atoms with E-state index in [1.165, 1.54) is 0 Å². The van der Waals surface area contributed by atoms with Crippen molar-refractivity contribution in [1.29, 1.82) is 0 Å². The highest BCUT2D eigenvalue weighted by Gasteiger charge is 2.14. The van der Waals surface area contributed by atoms with Crippen LogP contribution in [0, 0.1) is 0 Å². The Bertz CT molecular complexity index is 550. The largest absolute Gasteiger partial charge is 0.399 e. The van der Waals surface area contributed by atoms with Gasteiger partial charge in [0.1, 0.15) is 0 Å². The molecular formula is C14H16N4O. The van der Waals surface area contributed by atoms with Crippen LogP contribution in [0.5, 0.6) is 0 Å². The van der Waals surface area contributed by atoms with Gasteiger partial charge in [-0.1, -0.05) is 12.1 Å². The summed E-state index contributed by atoms with van der Waals surface area (Å²) in [6.07, 6.45) is 1.80. The summed E-state index contributed by atoms with van der Waals surface area (Å²) in [5.41, 5.74) is 8.41. The van der Waals surface area contributed by atoms with Crippen molar-refractivity contribution < 1.29 is 4.74 Å². The fraction of sp³-hybridized carbons (Fsp3) is 0.286. The van der Waals surface area contributed by atoms with Gasteiger partial charge in [-0.3, -0.25) is 0 Å². The summed E-state index contributed by atoms with van der Waals surface area (Å²) in [6.45, 7) is 3.14. The average molecular weight is 256 g/mol. The summed E-state index contributed by atoms with van der Waals surface area (Å²) in [6, 6.07) is 9.62. The summed E-state index contributed by atoms with van der Waals surface area (Å²) in [5, 5.41) is 0. The van der Waals surface area contributed by atoms with Crippen LogP contribution < -0.4 is 10.6 Å². The molecule has 3 rings (SSSR count). The Morgan fingerprint density at radius 2 is 1.79 bits per heavy atom. The molecule has 19 heavy (non-hydrogen) atoms. The van der Waals surface area contributed by atoms with Crippen molar-refractivity contribution in [3.05, 3.63) is 36.5 Å². The molecule has 5 nitrogen and oxygen atoms in total. The molecule has 2 aromatic rings. The number of hydrogen-bond acceptors (Lipinski definition) is 5. The molecule has 0 amide bonds. The van der Waals surface area contributed by atoms with Gasteiger partial charge in [-0.15, -0.1) is 0 Å². The van der Waals surface area contributed by atoms with Gasteiger partial charge in [0.15, 0.2) is 0 Å². The van der Waals surface area contributed by atoms with Crippen molar-refractivity contribution in [3.8, 4) is 11.3 Å². The van der Waals surface area contributed by atoms with Gasteiger partial charge in [0.2, 0.25) is 5.95 Å². The number of aromatic nitrogens is 2. The lowest BCUT2D eigenvalue weighted by atomic mass is 10.1. The van der Waals surface area contributed by atoms with Crippen LogP contribution in [-0.2, 0) is 4.74 Å². The third-order valence-corrected chi connectivity index (χ3v) is 3.14. The van der Waals surface area contributed by atoms with E-state index in [-0.39, 0.29) is 0 Å². The predicted molar refractivity (Wildman–Crippen MR) is 74.9 cm³/mol. The fourth-order valence-electron chi connectivity index (χ4n) is 2.08. The van der Waals surface area contributed by atoms with Crippen LogP contribution in [0.25, 0.3) is 11.3 Å². The molecular weight excluding hydrogens is 240 g/mol. The predicted octanol–water partition coefficient (Wildman–Crippen LogP) is 1.56. The van der Waals surface area contributed by atoms with Crippen LogP contribution in [0.3, 0.4) is 0 Å². The maximum Gasteiger partial charge on any atom is 0.226 e. The zero-order chi connectivity index (χ0) is 13.1. The lowest BCUT2D eigenvalue weighted by Crippen LogP contribution is -2.37. The first-order valence-corrected chi connectivity index (χ1v) is 6.34. The van der Waals surface area contributed by atoms with Crippen LogP contribution in [-0.4, -0.2) is 36.3 Å². The highest BCUT2D eigenvalue weighted by atomic mass is 16.5. The van der Waals surface area contributed by atoms with E-state index in [0.29, 0.717) is 0 Å². The number of hydrogen-bond donors (Lipinski definition) is 1. The molecule has 0 spiro atoms. The van der Waals surface area contributed by atoms with Crippen molar-refractivity contribution in [1.82, 2.24) is 9.97 Å². The first-order chi connectivity index (χ1) is 9.33. The summed E-state index contributed by atoms with van der Waals surface area (Å²) in [5.74, 6) is 0.762. The molecule has 98 valence electrons. The van der Waals surface area contributed by atoms with E-state index in [1.54, 1.807) is 6.20 Å². The molecule has 0 aliphatic carbocycles. The SMILES string of the molecule is Nc1ccc(-c2ccnc(N3CCOCC3)n2)cc1. The van der Waals surface area contributed by atoms with E-state index in [9.17, 15) is 0 Å². The van der Waals surface area contributed by atoms with Crippen molar-refractivity contribution >= 4 is 11.6 Å². The van der Waals surface area contributed by atoms with Crippen LogP contribution in [0.1, 0.15) is 0 Å². The molecule has 2 heterocycles. The highest BCUT2D eigenvalue weighted by Crippen LogP contribution is 2.20. The van der Waals surface area contributed by atoms with Gasteiger partial charge in [-0.25, -0.2) is 9.97 Å². The lowest BCUT2D eigenvalue weighted by molar-refractivity contribution is 0.122. The second-order valence-corrected chi connectivity index (χ2v) is 4.46. The highest BCUT2D eigenvalue weighted by molar-refractivity contribution is 5.62. The van der Waals surface area contributed by atoms with Gasteiger partial charge < -0.3 is 15.4 Å². The molecule has 1 saturated heterocycles. The van der Waals surface area contributed by atoms with E-state index in [1.807, 2.05) is 30.3 Å². The molecule has 1 aliphatic heterocycles. The normalized spacial score (nSPS) is 15.5. The van der Waals surface area contributed by atoms with E-state index in [2.05, 4.69) is 14.9 Å². The number of nitrogens with zero attached hydrogens (tertiary/aromatic N) is 3. The number of benzene rings is 1. The molecule has 0 bridgehead atoms. The van der Waals surface area contributed by atoms with Crippen LogP contribution >= 0.6 is 0 Å². The summed E-state index contributed by atoms with van der Waals surface area (Å²) >= 11 is 0. The van der Waals surface area contributed by atoms with E-state index < -0.39 is 0 Å². The first kappa shape index (κ1) is 11.9. The Kier molecular flexibility index (Phi) is 3.29. The molecule has 0 saturated carbocycles. The van der Waals surface area contributed by atoms with Crippen molar-refractivity contribution in [2.24, 2.45) is 0 Å². The van der Waals surface area contributed by atoms with E-state index in [0.717, 1.165) is 49.2 Å². The maximum atomic E-state index is 5.70. The van der Waals surface area contributed by atoms with Gasteiger partial charge >= 0.3 is 0 Å². The second kappa shape index (κ2) is 5.24. The van der Waals surface area contributed by atoms with Gasteiger partial charge in [0.05, 0.1) is 18.9 Å². The summed E-state index contributed by atoms with van der Waals surface area (Å²) < 4.78 is 5.34. The van der Waals surface area contributed by atoms with E-state index in [4.69, 9.17) is 10.5 Å². The molecule has 1 aliphatic rings. The maximum absolute atomic E-state index is 5.70. The monoisotopic (exact) mass is 256 g/mol. The number of rotatable bonds is 2. The number of ether oxygens (including phenoxy) is 1.